The number of aryl methyl sites for hydroxylation is 1. The predicted octanol–water partition coefficient (Wildman–Crippen LogP) is 2.47. The van der Waals surface area contributed by atoms with Crippen molar-refractivity contribution in [1.29, 1.82) is 0 Å². The number of hydrogen-bond donors (Lipinski definition) is 3. The molecule has 0 spiro atoms. The van der Waals surface area contributed by atoms with Crippen LogP contribution in [-0.2, 0) is 6.54 Å². The molecule has 0 fully saturated rings. The number of amides is 1. The second-order valence-electron chi connectivity index (χ2n) is 6.36. The van der Waals surface area contributed by atoms with E-state index in [9.17, 15) is 4.79 Å². The first-order valence-electron chi connectivity index (χ1n) is 9.02. The van der Waals surface area contributed by atoms with Crippen molar-refractivity contribution in [2.75, 3.05) is 20.1 Å². The van der Waals surface area contributed by atoms with Gasteiger partial charge in [0.1, 0.15) is 5.75 Å². The highest BCUT2D eigenvalue weighted by Gasteiger charge is 2.09. The quantitative estimate of drug-likeness (QED) is 0.376. The Morgan fingerprint density at radius 1 is 1.19 bits per heavy atom. The molecule has 1 heterocycles. The molecule has 0 atom stereocenters. The minimum atomic E-state index is -0.236. The molecule has 7 heteroatoms. The summed E-state index contributed by atoms with van der Waals surface area (Å²) in [6.07, 6.45) is 1.59. The zero-order valence-electron chi connectivity index (χ0n) is 16.3. The van der Waals surface area contributed by atoms with E-state index >= 15 is 0 Å². The van der Waals surface area contributed by atoms with Gasteiger partial charge in [-0.25, -0.2) is 0 Å². The van der Waals surface area contributed by atoms with Gasteiger partial charge in [-0.05, 0) is 44.5 Å². The molecule has 0 aliphatic heterocycles. The van der Waals surface area contributed by atoms with Crippen molar-refractivity contribution < 1.29 is 13.9 Å². The summed E-state index contributed by atoms with van der Waals surface area (Å²) in [6, 6.07) is 9.46. The molecule has 0 radical (unpaired) electrons. The van der Waals surface area contributed by atoms with Crippen molar-refractivity contribution in [3.8, 4) is 5.75 Å². The zero-order chi connectivity index (χ0) is 19.6. The lowest BCUT2D eigenvalue weighted by Gasteiger charge is -2.17. The summed E-state index contributed by atoms with van der Waals surface area (Å²) in [4.78, 5) is 16.0. The number of carbonyl (C=O) groups is 1. The van der Waals surface area contributed by atoms with E-state index in [4.69, 9.17) is 9.15 Å². The number of carbonyl (C=O) groups excluding carboxylic acids is 1. The second kappa shape index (κ2) is 10.3. The lowest BCUT2D eigenvalue weighted by molar-refractivity contribution is 0.0926. The number of rotatable bonds is 8. The van der Waals surface area contributed by atoms with E-state index < -0.39 is 0 Å². The second-order valence-corrected chi connectivity index (χ2v) is 6.36. The molecular weight excluding hydrogens is 344 g/mol. The Bertz CT molecular complexity index is 755. The maximum Gasteiger partial charge on any atom is 0.287 e. The van der Waals surface area contributed by atoms with Crippen LogP contribution in [-0.4, -0.2) is 38.1 Å². The van der Waals surface area contributed by atoms with Crippen molar-refractivity contribution in [1.82, 2.24) is 16.0 Å². The van der Waals surface area contributed by atoms with Crippen molar-refractivity contribution in [2.45, 2.75) is 33.4 Å². The summed E-state index contributed by atoms with van der Waals surface area (Å²) in [5, 5.41) is 9.20. The van der Waals surface area contributed by atoms with Crippen molar-refractivity contribution in [2.24, 2.45) is 4.99 Å². The van der Waals surface area contributed by atoms with E-state index in [1.165, 1.54) is 6.26 Å². The van der Waals surface area contributed by atoms with Crippen LogP contribution in [0.1, 0.15) is 35.5 Å². The highest BCUT2D eigenvalue weighted by Crippen LogP contribution is 2.21. The Balaban J connectivity index is 1.79. The molecule has 7 nitrogen and oxygen atoms in total. The number of ether oxygens (including phenoxy) is 1. The van der Waals surface area contributed by atoms with Crippen LogP contribution >= 0.6 is 0 Å². The van der Waals surface area contributed by atoms with Crippen LogP contribution in [0.4, 0.5) is 0 Å². The molecule has 1 aromatic heterocycles. The van der Waals surface area contributed by atoms with Crippen molar-refractivity contribution in [3.05, 3.63) is 53.5 Å². The van der Waals surface area contributed by atoms with E-state index in [0.29, 0.717) is 31.4 Å². The number of benzene rings is 1. The standard InChI is InChI=1S/C20H28N4O3/c1-14(2)27-18-12-15(3)7-8-16(18)13-24-20(21-4)23-10-9-22-19(25)17-6-5-11-26-17/h5-8,11-12,14H,9-10,13H2,1-4H3,(H,22,25)(H2,21,23,24). The van der Waals surface area contributed by atoms with Crippen molar-refractivity contribution >= 4 is 11.9 Å². The van der Waals surface area contributed by atoms with Crippen LogP contribution in [0.25, 0.3) is 0 Å². The average Bonchev–Trinajstić information content (AvgIpc) is 3.16. The molecule has 1 amide bonds. The molecule has 2 aromatic rings. The largest absolute Gasteiger partial charge is 0.491 e. The van der Waals surface area contributed by atoms with Gasteiger partial charge in [-0.1, -0.05) is 12.1 Å². The van der Waals surface area contributed by atoms with Gasteiger partial charge in [0.2, 0.25) is 0 Å². The fraction of sp³-hybridized carbons (Fsp3) is 0.400. The third-order valence-electron chi connectivity index (χ3n) is 3.70. The van der Waals surface area contributed by atoms with E-state index in [2.05, 4.69) is 33.1 Å². The fourth-order valence-corrected chi connectivity index (χ4v) is 2.42. The van der Waals surface area contributed by atoms with Gasteiger partial charge >= 0.3 is 0 Å². The first-order valence-corrected chi connectivity index (χ1v) is 9.02. The Morgan fingerprint density at radius 2 is 1.96 bits per heavy atom. The predicted molar refractivity (Wildman–Crippen MR) is 106 cm³/mol. The number of aliphatic imine (C=N–C) groups is 1. The van der Waals surface area contributed by atoms with Gasteiger partial charge in [-0.15, -0.1) is 0 Å². The number of nitrogens with zero attached hydrogens (tertiary/aromatic N) is 1. The lowest BCUT2D eigenvalue weighted by Crippen LogP contribution is -2.41. The molecule has 0 unspecified atom stereocenters. The number of nitrogens with one attached hydrogen (secondary N) is 3. The van der Waals surface area contributed by atoms with E-state index in [1.807, 2.05) is 26.8 Å². The smallest absolute Gasteiger partial charge is 0.287 e. The third kappa shape index (κ3) is 6.69. The van der Waals surface area contributed by atoms with Gasteiger partial charge in [0.05, 0.1) is 12.4 Å². The first-order chi connectivity index (χ1) is 13.0. The number of guanidine groups is 1. The SMILES string of the molecule is CN=C(NCCNC(=O)c1ccco1)NCc1ccc(C)cc1OC(C)C. The van der Waals surface area contributed by atoms with Crippen LogP contribution in [0, 0.1) is 6.92 Å². The summed E-state index contributed by atoms with van der Waals surface area (Å²) in [6.45, 7) is 7.64. The molecule has 2 rings (SSSR count). The van der Waals surface area contributed by atoms with E-state index in [0.717, 1.165) is 16.9 Å². The Kier molecular flexibility index (Phi) is 7.73. The van der Waals surface area contributed by atoms with Crippen LogP contribution in [0.5, 0.6) is 5.75 Å². The molecular formula is C20H28N4O3. The molecule has 27 heavy (non-hydrogen) atoms. The van der Waals surface area contributed by atoms with E-state index in [-0.39, 0.29) is 12.0 Å². The summed E-state index contributed by atoms with van der Waals surface area (Å²) >= 11 is 0. The topological polar surface area (TPSA) is 87.9 Å². The van der Waals surface area contributed by atoms with Gasteiger partial charge in [0, 0.05) is 32.2 Å². The molecule has 0 saturated carbocycles. The van der Waals surface area contributed by atoms with Gasteiger partial charge in [0.25, 0.3) is 5.91 Å². The van der Waals surface area contributed by atoms with Crippen LogP contribution in [0.15, 0.2) is 46.0 Å². The number of hydrogen-bond acceptors (Lipinski definition) is 4. The summed E-state index contributed by atoms with van der Waals surface area (Å²) in [5.74, 6) is 1.59. The molecule has 1 aromatic carbocycles. The fourth-order valence-electron chi connectivity index (χ4n) is 2.42. The molecule has 0 aliphatic carbocycles. The highest BCUT2D eigenvalue weighted by atomic mass is 16.5. The maximum absolute atomic E-state index is 11.8. The zero-order valence-corrected chi connectivity index (χ0v) is 16.3. The van der Waals surface area contributed by atoms with Gasteiger partial charge < -0.3 is 25.1 Å². The van der Waals surface area contributed by atoms with Gasteiger partial charge in [0.15, 0.2) is 11.7 Å². The third-order valence-corrected chi connectivity index (χ3v) is 3.70. The van der Waals surface area contributed by atoms with Gasteiger partial charge in [-0.3, -0.25) is 9.79 Å². The molecule has 3 N–H and O–H groups in total. The summed E-state index contributed by atoms with van der Waals surface area (Å²) in [7, 11) is 1.71. The monoisotopic (exact) mass is 372 g/mol. The van der Waals surface area contributed by atoms with Crippen molar-refractivity contribution in [3.63, 3.8) is 0 Å². The summed E-state index contributed by atoms with van der Waals surface area (Å²) in [5.41, 5.74) is 2.22. The van der Waals surface area contributed by atoms with Gasteiger partial charge in [-0.2, -0.15) is 0 Å². The first kappa shape index (κ1) is 20.4. The van der Waals surface area contributed by atoms with E-state index in [1.54, 1.807) is 19.2 Å². The Hall–Kier alpha value is -2.96. The molecule has 146 valence electrons. The minimum absolute atomic E-state index is 0.112. The maximum atomic E-state index is 11.8. The normalized spacial score (nSPS) is 11.4. The average molecular weight is 372 g/mol. The van der Waals surface area contributed by atoms with Crippen LogP contribution < -0.4 is 20.7 Å². The summed E-state index contributed by atoms with van der Waals surface area (Å²) < 4.78 is 10.9. The lowest BCUT2D eigenvalue weighted by atomic mass is 10.1. The number of furan rings is 1. The molecule has 0 aliphatic rings. The Labute approximate surface area is 160 Å². The molecule has 0 bridgehead atoms. The Morgan fingerprint density at radius 3 is 2.63 bits per heavy atom. The highest BCUT2D eigenvalue weighted by molar-refractivity contribution is 5.91. The van der Waals surface area contributed by atoms with Crippen LogP contribution in [0.3, 0.4) is 0 Å². The molecule has 0 saturated heterocycles. The minimum Gasteiger partial charge on any atom is -0.491 e. The van der Waals surface area contributed by atoms with Crippen LogP contribution in [0.2, 0.25) is 0 Å².